The van der Waals surface area contributed by atoms with Crippen molar-refractivity contribution >= 4 is 11.5 Å². The molecular formula is C13H17N5. The third-order valence-corrected chi connectivity index (χ3v) is 3.00. The highest BCUT2D eigenvalue weighted by molar-refractivity contribution is 5.56. The van der Waals surface area contributed by atoms with E-state index in [2.05, 4.69) is 10.4 Å². The summed E-state index contributed by atoms with van der Waals surface area (Å²) in [6, 6.07) is 9.19. The molecule has 0 spiro atoms. The van der Waals surface area contributed by atoms with Crippen LogP contribution in [-0.4, -0.2) is 4.98 Å². The van der Waals surface area contributed by atoms with E-state index >= 15 is 0 Å². The Balaban J connectivity index is 2.56. The van der Waals surface area contributed by atoms with Gasteiger partial charge in [0.2, 0.25) is 0 Å². The summed E-state index contributed by atoms with van der Waals surface area (Å²) in [7, 11) is 0. The molecule has 0 radical (unpaired) electrons. The van der Waals surface area contributed by atoms with Crippen molar-refractivity contribution in [1.82, 2.24) is 10.4 Å². The summed E-state index contributed by atoms with van der Waals surface area (Å²) >= 11 is 0. The third kappa shape index (κ3) is 2.13. The predicted octanol–water partition coefficient (Wildman–Crippen LogP) is 1.11. The van der Waals surface area contributed by atoms with Gasteiger partial charge in [-0.15, -0.1) is 0 Å². The van der Waals surface area contributed by atoms with Crippen molar-refractivity contribution in [3.05, 3.63) is 53.2 Å². The van der Waals surface area contributed by atoms with Gasteiger partial charge in [-0.3, -0.25) is 5.84 Å². The van der Waals surface area contributed by atoms with Gasteiger partial charge in [-0.1, -0.05) is 18.2 Å². The number of benzene rings is 1. The Morgan fingerprint density at radius 3 is 2.50 bits per heavy atom. The fourth-order valence-corrected chi connectivity index (χ4v) is 2.07. The smallest absolute Gasteiger partial charge is 0.128 e. The third-order valence-electron chi connectivity index (χ3n) is 3.00. The molecule has 0 saturated heterocycles. The molecule has 1 aromatic carbocycles. The van der Waals surface area contributed by atoms with Crippen molar-refractivity contribution in [3.63, 3.8) is 0 Å². The molecule has 0 aliphatic heterocycles. The van der Waals surface area contributed by atoms with Crippen LogP contribution in [0, 0.1) is 6.92 Å². The lowest BCUT2D eigenvalue weighted by molar-refractivity contribution is 0.635. The Hall–Kier alpha value is -2.11. The van der Waals surface area contributed by atoms with Crippen molar-refractivity contribution in [2.75, 3.05) is 11.5 Å². The number of nitrogens with two attached hydrogens (primary N) is 3. The molecule has 5 heteroatoms. The van der Waals surface area contributed by atoms with Crippen LogP contribution in [0.3, 0.4) is 0 Å². The highest BCUT2D eigenvalue weighted by Crippen LogP contribution is 2.30. The second kappa shape index (κ2) is 5.03. The van der Waals surface area contributed by atoms with E-state index in [4.69, 9.17) is 17.3 Å². The molecule has 0 amide bonds. The second-order valence-corrected chi connectivity index (χ2v) is 4.16. The topological polar surface area (TPSA) is 103 Å². The number of hydrogen-bond acceptors (Lipinski definition) is 5. The highest BCUT2D eigenvalue weighted by Gasteiger charge is 2.19. The lowest BCUT2D eigenvalue weighted by Crippen LogP contribution is -2.30. The lowest BCUT2D eigenvalue weighted by atomic mass is 9.95. The Labute approximate surface area is 106 Å². The van der Waals surface area contributed by atoms with E-state index < -0.39 is 0 Å². The summed E-state index contributed by atoms with van der Waals surface area (Å²) in [5, 5.41) is 0. The zero-order valence-corrected chi connectivity index (χ0v) is 10.2. The molecule has 0 aliphatic carbocycles. The number of aromatic nitrogens is 1. The van der Waals surface area contributed by atoms with Gasteiger partial charge < -0.3 is 11.5 Å². The van der Waals surface area contributed by atoms with Crippen LogP contribution in [0.15, 0.2) is 36.5 Å². The number of anilines is 2. The van der Waals surface area contributed by atoms with Crippen LogP contribution in [-0.2, 0) is 0 Å². The first-order valence-electron chi connectivity index (χ1n) is 5.66. The molecular weight excluding hydrogens is 226 g/mol. The van der Waals surface area contributed by atoms with E-state index in [9.17, 15) is 0 Å². The SMILES string of the molecule is Cc1ccnc(N)c1C(NN)c1ccccc1N. The van der Waals surface area contributed by atoms with E-state index in [0.717, 1.165) is 16.7 Å². The van der Waals surface area contributed by atoms with Gasteiger partial charge in [0.15, 0.2) is 0 Å². The van der Waals surface area contributed by atoms with E-state index in [0.29, 0.717) is 11.5 Å². The molecule has 0 saturated carbocycles. The van der Waals surface area contributed by atoms with Gasteiger partial charge in [-0.25, -0.2) is 10.4 Å². The van der Waals surface area contributed by atoms with Crippen LogP contribution in [0.4, 0.5) is 11.5 Å². The molecule has 0 fully saturated rings. The quantitative estimate of drug-likeness (QED) is 0.367. The molecule has 1 heterocycles. The standard InChI is InChI=1S/C13H17N5/c1-8-6-7-17-13(15)11(8)12(18-16)9-4-2-3-5-10(9)14/h2-7,12,18H,14,16H2,1H3,(H2,15,17). The summed E-state index contributed by atoms with van der Waals surface area (Å²) in [6.45, 7) is 1.97. The Bertz CT molecular complexity index is 533. The summed E-state index contributed by atoms with van der Waals surface area (Å²) < 4.78 is 0. The van der Waals surface area contributed by atoms with E-state index in [1.54, 1.807) is 6.20 Å². The average Bonchev–Trinajstić information content (AvgIpc) is 2.35. The molecule has 1 atom stereocenters. The first kappa shape index (κ1) is 12.3. The molecule has 7 N–H and O–H groups in total. The van der Waals surface area contributed by atoms with Crippen molar-refractivity contribution in [1.29, 1.82) is 0 Å². The molecule has 0 aliphatic rings. The van der Waals surface area contributed by atoms with Crippen molar-refractivity contribution in [2.45, 2.75) is 13.0 Å². The summed E-state index contributed by atoms with van der Waals surface area (Å²) in [5.74, 6) is 6.11. The monoisotopic (exact) mass is 243 g/mol. The van der Waals surface area contributed by atoms with Crippen molar-refractivity contribution in [2.24, 2.45) is 5.84 Å². The summed E-state index contributed by atoms with van der Waals surface area (Å²) in [6.07, 6.45) is 1.68. The average molecular weight is 243 g/mol. The number of hydrazine groups is 1. The number of nitrogens with zero attached hydrogens (tertiary/aromatic N) is 1. The van der Waals surface area contributed by atoms with Crippen LogP contribution >= 0.6 is 0 Å². The van der Waals surface area contributed by atoms with Gasteiger partial charge >= 0.3 is 0 Å². The Kier molecular flexibility index (Phi) is 3.45. The summed E-state index contributed by atoms with van der Waals surface area (Å²) in [5.41, 5.74) is 18.1. The number of hydrogen-bond donors (Lipinski definition) is 4. The van der Waals surface area contributed by atoms with E-state index in [1.807, 2.05) is 37.3 Å². The second-order valence-electron chi connectivity index (χ2n) is 4.16. The Morgan fingerprint density at radius 2 is 1.89 bits per heavy atom. The minimum absolute atomic E-state index is 0.264. The zero-order chi connectivity index (χ0) is 13.1. The van der Waals surface area contributed by atoms with Gasteiger partial charge in [0.05, 0.1) is 6.04 Å². The van der Waals surface area contributed by atoms with Crippen molar-refractivity contribution < 1.29 is 0 Å². The van der Waals surface area contributed by atoms with E-state index in [-0.39, 0.29) is 6.04 Å². The van der Waals surface area contributed by atoms with Crippen LogP contribution in [0.1, 0.15) is 22.7 Å². The zero-order valence-electron chi connectivity index (χ0n) is 10.2. The summed E-state index contributed by atoms with van der Waals surface area (Å²) in [4.78, 5) is 4.11. The van der Waals surface area contributed by atoms with Crippen molar-refractivity contribution in [3.8, 4) is 0 Å². The molecule has 1 unspecified atom stereocenters. The maximum Gasteiger partial charge on any atom is 0.128 e. The van der Waals surface area contributed by atoms with Gasteiger partial charge in [0, 0.05) is 17.4 Å². The van der Waals surface area contributed by atoms with Crippen LogP contribution in [0.2, 0.25) is 0 Å². The Morgan fingerprint density at radius 1 is 1.17 bits per heavy atom. The number of rotatable bonds is 3. The minimum Gasteiger partial charge on any atom is -0.398 e. The first-order valence-corrected chi connectivity index (χ1v) is 5.66. The number of nitrogens with one attached hydrogen (secondary N) is 1. The van der Waals surface area contributed by atoms with Crippen LogP contribution in [0.5, 0.6) is 0 Å². The number of nitrogen functional groups attached to an aromatic ring is 2. The molecule has 2 aromatic rings. The fraction of sp³-hybridized carbons (Fsp3) is 0.154. The number of para-hydroxylation sites is 1. The van der Waals surface area contributed by atoms with E-state index in [1.165, 1.54) is 0 Å². The number of pyridine rings is 1. The lowest BCUT2D eigenvalue weighted by Gasteiger charge is -2.21. The maximum atomic E-state index is 5.98. The maximum absolute atomic E-state index is 5.98. The van der Waals surface area contributed by atoms with Gasteiger partial charge in [-0.2, -0.15) is 0 Å². The normalized spacial score (nSPS) is 12.3. The molecule has 94 valence electrons. The first-order chi connectivity index (χ1) is 8.65. The molecule has 0 bridgehead atoms. The predicted molar refractivity (Wildman–Crippen MR) is 73.4 cm³/mol. The fourth-order valence-electron chi connectivity index (χ4n) is 2.07. The van der Waals surface area contributed by atoms with Crippen LogP contribution in [0.25, 0.3) is 0 Å². The largest absolute Gasteiger partial charge is 0.398 e. The molecule has 5 nitrogen and oxygen atoms in total. The molecule has 2 rings (SSSR count). The molecule has 1 aromatic heterocycles. The van der Waals surface area contributed by atoms with Gasteiger partial charge in [0.1, 0.15) is 5.82 Å². The molecule has 18 heavy (non-hydrogen) atoms. The number of aryl methyl sites for hydroxylation is 1. The van der Waals surface area contributed by atoms with Gasteiger partial charge in [0.25, 0.3) is 0 Å². The highest BCUT2D eigenvalue weighted by atomic mass is 15.2. The minimum atomic E-state index is -0.264. The van der Waals surface area contributed by atoms with Crippen LogP contribution < -0.4 is 22.7 Å². The van der Waals surface area contributed by atoms with Gasteiger partial charge in [-0.05, 0) is 30.2 Å².